The summed E-state index contributed by atoms with van der Waals surface area (Å²) in [5.74, 6) is -1.71. The maximum Gasteiger partial charge on any atom is 0.341 e. The first kappa shape index (κ1) is 12.1. The molecule has 0 saturated heterocycles. The molecular formula is C11H7N3O3. The molecule has 0 unspecified atom stereocenters. The molecule has 0 aliphatic carbocycles. The molecule has 0 spiro atoms. The second-order valence-electron chi connectivity index (χ2n) is 2.93. The van der Waals surface area contributed by atoms with Crippen LogP contribution < -0.4 is 5.32 Å². The molecule has 3 N–H and O–H groups in total. The number of carbonyl (C=O) groups is 1. The standard InChI is InChI=1S/C11H7N3O3/c12-4-7(5-13)6-14-8-2-1-3-9(15)10(8)11(16)17/h1-3,6,14-15H,(H,16,17). The molecule has 1 rings (SSSR count). The Kier molecular flexibility index (Phi) is 3.69. The largest absolute Gasteiger partial charge is 0.507 e. The minimum absolute atomic E-state index is 0.0977. The van der Waals surface area contributed by atoms with Gasteiger partial charge < -0.3 is 15.5 Å². The van der Waals surface area contributed by atoms with E-state index < -0.39 is 11.7 Å². The highest BCUT2D eigenvalue weighted by atomic mass is 16.4. The molecule has 0 bridgehead atoms. The third kappa shape index (κ3) is 2.74. The van der Waals surface area contributed by atoms with Crippen LogP contribution in [0.3, 0.4) is 0 Å². The van der Waals surface area contributed by atoms with Crippen LogP contribution >= 0.6 is 0 Å². The first-order valence-electron chi connectivity index (χ1n) is 4.42. The van der Waals surface area contributed by atoms with E-state index in [2.05, 4.69) is 5.32 Å². The average molecular weight is 229 g/mol. The zero-order valence-electron chi connectivity index (χ0n) is 8.51. The van der Waals surface area contributed by atoms with Crippen molar-refractivity contribution in [3.63, 3.8) is 0 Å². The highest BCUT2D eigenvalue weighted by molar-refractivity contribution is 5.97. The van der Waals surface area contributed by atoms with Crippen molar-refractivity contribution in [3.8, 4) is 17.9 Å². The first-order valence-corrected chi connectivity index (χ1v) is 4.42. The predicted molar refractivity (Wildman–Crippen MR) is 58.0 cm³/mol. The number of hydrogen-bond acceptors (Lipinski definition) is 5. The lowest BCUT2D eigenvalue weighted by Crippen LogP contribution is -2.02. The van der Waals surface area contributed by atoms with Gasteiger partial charge in [-0.3, -0.25) is 0 Å². The van der Waals surface area contributed by atoms with E-state index >= 15 is 0 Å². The van der Waals surface area contributed by atoms with Gasteiger partial charge in [0, 0.05) is 6.20 Å². The molecule has 0 saturated carbocycles. The van der Waals surface area contributed by atoms with Crippen molar-refractivity contribution in [2.75, 3.05) is 5.32 Å². The molecule has 6 heteroatoms. The number of nitrogens with zero attached hydrogens (tertiary/aromatic N) is 2. The van der Waals surface area contributed by atoms with Gasteiger partial charge in [0.2, 0.25) is 0 Å². The van der Waals surface area contributed by atoms with Crippen LogP contribution in [0.1, 0.15) is 10.4 Å². The summed E-state index contributed by atoms with van der Waals surface area (Å²) in [4.78, 5) is 10.9. The van der Waals surface area contributed by atoms with E-state index in [9.17, 15) is 9.90 Å². The molecule has 0 fully saturated rings. The summed E-state index contributed by atoms with van der Waals surface area (Å²) in [5, 5.41) is 37.7. The Morgan fingerprint density at radius 2 is 2.00 bits per heavy atom. The van der Waals surface area contributed by atoms with Gasteiger partial charge in [-0.25, -0.2) is 4.79 Å². The molecule has 0 aromatic heterocycles. The van der Waals surface area contributed by atoms with E-state index in [4.69, 9.17) is 15.6 Å². The van der Waals surface area contributed by atoms with Crippen molar-refractivity contribution >= 4 is 11.7 Å². The lowest BCUT2D eigenvalue weighted by molar-refractivity contribution is 0.0695. The predicted octanol–water partition coefficient (Wildman–Crippen LogP) is 1.43. The molecule has 6 nitrogen and oxygen atoms in total. The van der Waals surface area contributed by atoms with Gasteiger partial charge >= 0.3 is 5.97 Å². The minimum Gasteiger partial charge on any atom is -0.507 e. The molecule has 1 aromatic carbocycles. The number of nitriles is 2. The van der Waals surface area contributed by atoms with Crippen molar-refractivity contribution < 1.29 is 15.0 Å². The van der Waals surface area contributed by atoms with E-state index in [0.29, 0.717) is 0 Å². The number of rotatable bonds is 3. The summed E-state index contributed by atoms with van der Waals surface area (Å²) in [6.07, 6.45) is 1.07. The van der Waals surface area contributed by atoms with Gasteiger partial charge in [-0.05, 0) is 12.1 Å². The molecule has 0 aliphatic rings. The number of aromatic hydroxyl groups is 1. The van der Waals surface area contributed by atoms with Crippen molar-refractivity contribution in [2.24, 2.45) is 0 Å². The zero-order chi connectivity index (χ0) is 12.8. The number of carboxylic acid groups (broad SMARTS) is 1. The fourth-order valence-electron chi connectivity index (χ4n) is 1.12. The maximum absolute atomic E-state index is 10.9. The normalized spacial score (nSPS) is 8.59. The Hall–Kier alpha value is -2.99. The van der Waals surface area contributed by atoms with Crippen LogP contribution in [0, 0.1) is 22.7 Å². The fraction of sp³-hybridized carbons (Fsp3) is 0. The number of phenols is 1. The quantitative estimate of drug-likeness (QED) is 0.675. The van der Waals surface area contributed by atoms with E-state index in [1.54, 1.807) is 12.1 Å². The lowest BCUT2D eigenvalue weighted by Gasteiger charge is -2.06. The summed E-state index contributed by atoms with van der Waals surface area (Å²) in [5.41, 5.74) is -0.427. The monoisotopic (exact) mass is 229 g/mol. The average Bonchev–Trinajstić information content (AvgIpc) is 2.29. The van der Waals surface area contributed by atoms with Crippen molar-refractivity contribution in [1.29, 1.82) is 10.5 Å². The lowest BCUT2D eigenvalue weighted by atomic mass is 10.1. The second-order valence-corrected chi connectivity index (χ2v) is 2.93. The number of benzene rings is 1. The van der Waals surface area contributed by atoms with Gasteiger partial charge in [0.1, 0.15) is 29.0 Å². The third-order valence-electron chi connectivity index (χ3n) is 1.87. The van der Waals surface area contributed by atoms with Gasteiger partial charge in [-0.2, -0.15) is 10.5 Å². The van der Waals surface area contributed by atoms with E-state index in [1.807, 2.05) is 0 Å². The van der Waals surface area contributed by atoms with Crippen LogP contribution in [0.4, 0.5) is 5.69 Å². The van der Waals surface area contributed by atoms with Gasteiger partial charge in [-0.15, -0.1) is 0 Å². The van der Waals surface area contributed by atoms with Crippen LogP contribution in [0.15, 0.2) is 30.0 Å². The number of nitrogens with one attached hydrogen (secondary N) is 1. The molecule has 17 heavy (non-hydrogen) atoms. The number of hydrogen-bond donors (Lipinski definition) is 3. The molecule has 0 radical (unpaired) electrons. The highest BCUT2D eigenvalue weighted by Gasteiger charge is 2.14. The van der Waals surface area contributed by atoms with E-state index in [0.717, 1.165) is 6.20 Å². The van der Waals surface area contributed by atoms with E-state index in [1.165, 1.54) is 18.2 Å². The van der Waals surface area contributed by atoms with Crippen LogP contribution in [0.2, 0.25) is 0 Å². The molecule has 84 valence electrons. The molecule has 1 aromatic rings. The van der Waals surface area contributed by atoms with Gasteiger partial charge in [0.15, 0.2) is 0 Å². The number of anilines is 1. The molecule has 0 atom stereocenters. The smallest absolute Gasteiger partial charge is 0.341 e. The Balaban J connectivity index is 3.14. The zero-order valence-corrected chi connectivity index (χ0v) is 8.51. The summed E-state index contributed by atoms with van der Waals surface area (Å²) in [6.45, 7) is 0. The summed E-state index contributed by atoms with van der Waals surface area (Å²) >= 11 is 0. The Labute approximate surface area is 96.7 Å². The van der Waals surface area contributed by atoms with Crippen LogP contribution in [0.5, 0.6) is 5.75 Å². The maximum atomic E-state index is 10.9. The molecule has 0 aliphatic heterocycles. The number of carboxylic acids is 1. The van der Waals surface area contributed by atoms with Crippen LogP contribution in [-0.4, -0.2) is 16.2 Å². The summed E-state index contributed by atoms with van der Waals surface area (Å²) in [6, 6.07) is 7.31. The van der Waals surface area contributed by atoms with E-state index in [-0.39, 0.29) is 16.8 Å². The molecule has 0 heterocycles. The summed E-state index contributed by atoms with van der Waals surface area (Å²) < 4.78 is 0. The SMILES string of the molecule is N#CC(C#N)=CNc1cccc(O)c1C(=O)O. The third-order valence-corrected chi connectivity index (χ3v) is 1.87. The Morgan fingerprint density at radius 3 is 2.53 bits per heavy atom. The number of allylic oxidation sites excluding steroid dienone is 1. The van der Waals surface area contributed by atoms with Crippen molar-refractivity contribution in [1.82, 2.24) is 0 Å². The topological polar surface area (TPSA) is 117 Å². The Bertz CT molecular complexity index is 548. The first-order chi connectivity index (χ1) is 8.10. The number of aromatic carboxylic acids is 1. The van der Waals surface area contributed by atoms with Gasteiger partial charge in [-0.1, -0.05) is 6.07 Å². The van der Waals surface area contributed by atoms with Gasteiger partial charge in [0.05, 0.1) is 5.69 Å². The van der Waals surface area contributed by atoms with Crippen molar-refractivity contribution in [3.05, 3.63) is 35.5 Å². The second kappa shape index (κ2) is 5.19. The Morgan fingerprint density at radius 1 is 1.35 bits per heavy atom. The van der Waals surface area contributed by atoms with Crippen LogP contribution in [0.25, 0.3) is 0 Å². The van der Waals surface area contributed by atoms with Crippen LogP contribution in [-0.2, 0) is 0 Å². The van der Waals surface area contributed by atoms with Crippen molar-refractivity contribution in [2.45, 2.75) is 0 Å². The highest BCUT2D eigenvalue weighted by Crippen LogP contribution is 2.25. The summed E-state index contributed by atoms with van der Waals surface area (Å²) in [7, 11) is 0. The fourth-order valence-corrected chi connectivity index (χ4v) is 1.12. The molecular weight excluding hydrogens is 222 g/mol. The van der Waals surface area contributed by atoms with Gasteiger partial charge in [0.25, 0.3) is 0 Å². The minimum atomic E-state index is -1.31. The molecule has 0 amide bonds.